The van der Waals surface area contributed by atoms with Crippen LogP contribution in [0.5, 0.6) is 0 Å². The van der Waals surface area contributed by atoms with Gasteiger partial charge in [0.25, 0.3) is 5.82 Å². The van der Waals surface area contributed by atoms with E-state index in [-0.39, 0.29) is 23.0 Å². The molecule has 0 aliphatic carbocycles. The number of nitrogens with two attached hydrogens (primary N) is 1. The summed E-state index contributed by atoms with van der Waals surface area (Å²) in [6, 6.07) is 13.5. The van der Waals surface area contributed by atoms with Gasteiger partial charge in [0, 0.05) is 13.1 Å². The van der Waals surface area contributed by atoms with Crippen molar-refractivity contribution in [2.75, 3.05) is 18.0 Å². The maximum absolute atomic E-state index is 12.5. The van der Waals surface area contributed by atoms with Crippen LogP contribution in [0.4, 0.5) is 5.82 Å². The number of aromatic amines is 1. The SMILES string of the molecule is N#Cc1cc(C#N)c(SCC(=O)N2CCc3ccccc3C2)[nH+]c1N. The van der Waals surface area contributed by atoms with Gasteiger partial charge in [-0.05, 0) is 23.6 Å². The molecule has 3 rings (SSSR count). The molecular formula is C18H16N5OS+. The molecule has 0 bridgehead atoms. The first-order valence-corrected chi connectivity index (χ1v) is 8.74. The van der Waals surface area contributed by atoms with Gasteiger partial charge in [0.15, 0.2) is 5.03 Å². The third-order valence-corrected chi connectivity index (χ3v) is 5.14. The van der Waals surface area contributed by atoms with Crippen LogP contribution in [0.1, 0.15) is 22.3 Å². The number of pyridine rings is 1. The molecule has 0 unspecified atom stereocenters. The lowest BCUT2D eigenvalue weighted by atomic mass is 10.00. The molecule has 0 fully saturated rings. The van der Waals surface area contributed by atoms with Crippen molar-refractivity contribution >= 4 is 23.5 Å². The van der Waals surface area contributed by atoms with Crippen LogP contribution in [0.25, 0.3) is 0 Å². The van der Waals surface area contributed by atoms with Crippen LogP contribution in [0.3, 0.4) is 0 Å². The highest BCUT2D eigenvalue weighted by Crippen LogP contribution is 2.23. The standard InChI is InChI=1S/C18H15N5OS/c19-8-14-7-15(9-20)18(22-17(14)21)25-11-16(24)23-6-5-12-3-1-2-4-13(12)10-23/h1-4,7H,5-6,10-11H2,(H2,21,22)/p+1. The van der Waals surface area contributed by atoms with Gasteiger partial charge in [0.1, 0.15) is 23.3 Å². The number of carbonyl (C=O) groups excluding carboxylic acids is 1. The highest BCUT2D eigenvalue weighted by molar-refractivity contribution is 7.99. The number of hydrogen-bond donors (Lipinski definition) is 1. The average molecular weight is 350 g/mol. The van der Waals surface area contributed by atoms with Gasteiger partial charge in [-0.15, -0.1) is 0 Å². The van der Waals surface area contributed by atoms with E-state index in [1.54, 1.807) is 0 Å². The van der Waals surface area contributed by atoms with Crippen LogP contribution in [-0.4, -0.2) is 23.1 Å². The topological polar surface area (TPSA) is 108 Å². The molecule has 1 aromatic carbocycles. The minimum atomic E-state index is 0.0136. The molecule has 6 nitrogen and oxygen atoms in total. The second-order valence-electron chi connectivity index (χ2n) is 5.69. The third kappa shape index (κ3) is 3.57. The summed E-state index contributed by atoms with van der Waals surface area (Å²) in [5.41, 5.74) is 8.77. The number of aromatic nitrogens is 1. The fraction of sp³-hybridized carbons (Fsp3) is 0.222. The Labute approximate surface area is 149 Å². The number of fused-ring (bicyclic) bond motifs is 1. The number of benzene rings is 1. The number of nitriles is 2. The number of amides is 1. The molecule has 7 heteroatoms. The number of nitrogens with zero attached hydrogens (tertiary/aromatic N) is 3. The maximum atomic E-state index is 12.5. The summed E-state index contributed by atoms with van der Waals surface area (Å²) in [5, 5.41) is 18.7. The van der Waals surface area contributed by atoms with Crippen LogP contribution in [-0.2, 0) is 17.8 Å². The molecule has 3 N–H and O–H groups in total. The highest BCUT2D eigenvalue weighted by atomic mass is 32.2. The van der Waals surface area contributed by atoms with Crippen molar-refractivity contribution in [3.05, 3.63) is 52.6 Å². The Morgan fingerprint density at radius 2 is 1.96 bits per heavy atom. The molecule has 0 spiro atoms. The fourth-order valence-electron chi connectivity index (χ4n) is 2.77. The summed E-state index contributed by atoms with van der Waals surface area (Å²) in [4.78, 5) is 17.2. The lowest BCUT2D eigenvalue weighted by molar-refractivity contribution is -0.410. The van der Waals surface area contributed by atoms with E-state index in [9.17, 15) is 10.1 Å². The molecule has 1 aliphatic rings. The van der Waals surface area contributed by atoms with E-state index >= 15 is 0 Å². The molecule has 1 aromatic heterocycles. The normalized spacial score (nSPS) is 12.8. The molecule has 1 aliphatic heterocycles. The van der Waals surface area contributed by atoms with Gasteiger partial charge in [-0.2, -0.15) is 10.5 Å². The quantitative estimate of drug-likeness (QED) is 0.844. The van der Waals surface area contributed by atoms with Gasteiger partial charge in [0.05, 0.1) is 5.75 Å². The Morgan fingerprint density at radius 1 is 1.24 bits per heavy atom. The van der Waals surface area contributed by atoms with E-state index in [1.165, 1.54) is 29.0 Å². The second kappa shape index (κ2) is 7.25. The first-order valence-electron chi connectivity index (χ1n) is 7.75. The molecule has 2 aromatic rings. The molecule has 124 valence electrons. The van der Waals surface area contributed by atoms with E-state index in [2.05, 4.69) is 11.1 Å². The average Bonchev–Trinajstić information content (AvgIpc) is 2.65. The summed E-state index contributed by atoms with van der Waals surface area (Å²) >= 11 is 1.23. The molecule has 0 radical (unpaired) electrons. The van der Waals surface area contributed by atoms with E-state index in [0.29, 0.717) is 23.7 Å². The number of anilines is 1. The molecule has 0 atom stereocenters. The molecule has 25 heavy (non-hydrogen) atoms. The summed E-state index contributed by atoms with van der Waals surface area (Å²) in [6.07, 6.45) is 0.853. The van der Waals surface area contributed by atoms with E-state index in [4.69, 9.17) is 11.0 Å². The van der Waals surface area contributed by atoms with Crippen LogP contribution >= 0.6 is 11.8 Å². The van der Waals surface area contributed by atoms with Crippen molar-refractivity contribution in [1.29, 1.82) is 10.5 Å². The monoisotopic (exact) mass is 350 g/mol. The molecule has 2 heterocycles. The van der Waals surface area contributed by atoms with Crippen molar-refractivity contribution in [3.8, 4) is 12.1 Å². The smallest absolute Gasteiger partial charge is 0.289 e. The number of carbonyl (C=O) groups is 1. The van der Waals surface area contributed by atoms with Gasteiger partial charge in [-0.3, -0.25) is 10.5 Å². The van der Waals surface area contributed by atoms with E-state index < -0.39 is 0 Å². The zero-order chi connectivity index (χ0) is 17.8. The van der Waals surface area contributed by atoms with Gasteiger partial charge in [-0.1, -0.05) is 36.0 Å². The highest BCUT2D eigenvalue weighted by Gasteiger charge is 2.22. The second-order valence-corrected chi connectivity index (χ2v) is 6.67. The fourth-order valence-corrected chi connectivity index (χ4v) is 3.66. The van der Waals surface area contributed by atoms with Crippen molar-refractivity contribution in [2.45, 2.75) is 18.0 Å². The van der Waals surface area contributed by atoms with Crippen LogP contribution < -0.4 is 10.7 Å². The summed E-state index contributed by atoms with van der Waals surface area (Å²) < 4.78 is 0. The Morgan fingerprint density at radius 3 is 2.68 bits per heavy atom. The lowest BCUT2D eigenvalue weighted by Gasteiger charge is -2.28. The van der Waals surface area contributed by atoms with Crippen molar-refractivity contribution in [3.63, 3.8) is 0 Å². The first kappa shape index (κ1) is 16.8. The van der Waals surface area contributed by atoms with Crippen LogP contribution in [0, 0.1) is 22.7 Å². The van der Waals surface area contributed by atoms with Gasteiger partial charge in [0.2, 0.25) is 5.91 Å². The summed E-state index contributed by atoms with van der Waals surface area (Å²) in [5.74, 6) is 0.418. The first-order chi connectivity index (χ1) is 12.1. The predicted octanol–water partition coefficient (Wildman–Crippen LogP) is 1.50. The third-order valence-electron chi connectivity index (χ3n) is 4.14. The van der Waals surface area contributed by atoms with E-state index in [1.807, 2.05) is 35.2 Å². The molecular weight excluding hydrogens is 334 g/mol. The van der Waals surface area contributed by atoms with E-state index in [0.717, 1.165) is 6.42 Å². The molecule has 0 saturated heterocycles. The number of H-pyrrole nitrogens is 1. The zero-order valence-electron chi connectivity index (χ0n) is 13.5. The number of hydrogen-bond acceptors (Lipinski definition) is 5. The van der Waals surface area contributed by atoms with Crippen molar-refractivity contribution < 1.29 is 9.78 Å². The zero-order valence-corrected chi connectivity index (χ0v) is 14.3. The molecule has 0 saturated carbocycles. The minimum absolute atomic E-state index is 0.0136. The summed E-state index contributed by atoms with van der Waals surface area (Å²) in [7, 11) is 0. The lowest BCUT2D eigenvalue weighted by Crippen LogP contribution is -2.37. The number of thioether (sulfide) groups is 1. The predicted molar refractivity (Wildman–Crippen MR) is 93.1 cm³/mol. The van der Waals surface area contributed by atoms with Gasteiger partial charge >= 0.3 is 0 Å². The Kier molecular flexibility index (Phi) is 4.87. The van der Waals surface area contributed by atoms with Crippen LogP contribution in [0.15, 0.2) is 35.4 Å². The van der Waals surface area contributed by atoms with Gasteiger partial charge < -0.3 is 4.90 Å². The van der Waals surface area contributed by atoms with Gasteiger partial charge in [-0.25, -0.2) is 4.98 Å². The minimum Gasteiger partial charge on any atom is -0.337 e. The number of nitrogens with one attached hydrogen (secondary N) is 1. The Hall–Kier alpha value is -3.03. The molecule has 1 amide bonds. The largest absolute Gasteiger partial charge is 0.337 e. The maximum Gasteiger partial charge on any atom is 0.289 e. The number of nitrogen functional groups attached to an aromatic ring is 1. The van der Waals surface area contributed by atoms with Crippen molar-refractivity contribution in [2.24, 2.45) is 0 Å². The van der Waals surface area contributed by atoms with Crippen LogP contribution in [0.2, 0.25) is 0 Å². The number of rotatable bonds is 3. The summed E-state index contributed by atoms with van der Waals surface area (Å²) in [6.45, 7) is 1.31. The Balaban J connectivity index is 1.69. The van der Waals surface area contributed by atoms with Crippen molar-refractivity contribution in [1.82, 2.24) is 4.90 Å². The Bertz CT molecular complexity index is 913.